The largest absolute Gasteiger partial charge is 1.00 e. The van der Waals surface area contributed by atoms with Gasteiger partial charge >= 0.3 is 29.6 Å². The van der Waals surface area contributed by atoms with Crippen LogP contribution in [-0.2, 0) is 16.5 Å². The van der Waals surface area contributed by atoms with Crippen LogP contribution in [0.2, 0.25) is 0 Å². The molecule has 0 bridgehead atoms. The first-order chi connectivity index (χ1) is 12.0. The molecule has 5 heteroatoms. The quantitative estimate of drug-likeness (QED) is 0.279. The molecule has 0 saturated carbocycles. The topological polar surface area (TPSA) is 57.2 Å². The summed E-state index contributed by atoms with van der Waals surface area (Å²) >= 11 is 0. The van der Waals surface area contributed by atoms with Crippen LogP contribution >= 0.6 is 0 Å². The molecule has 26 heavy (non-hydrogen) atoms. The third-order valence-corrected chi connectivity index (χ3v) is 5.77. The van der Waals surface area contributed by atoms with E-state index in [2.05, 4.69) is 13.8 Å². The van der Waals surface area contributed by atoms with E-state index >= 15 is 0 Å². The monoisotopic (exact) mass is 390 g/mol. The molecule has 1 rings (SSSR count). The average molecular weight is 391 g/mol. The molecule has 0 spiro atoms. The van der Waals surface area contributed by atoms with Gasteiger partial charge in [0.2, 0.25) is 0 Å². The molecule has 0 N–H and O–H groups in total. The summed E-state index contributed by atoms with van der Waals surface area (Å²) in [6.07, 6.45) is 15.1. The molecule has 0 amide bonds. The number of hydrogen-bond donors (Lipinski definition) is 0. The SMILES string of the molecule is CCCCCCCC(CCCCCC)Cc1ccc(S(=O)(=O)[O-])cc1.[Na+]. The van der Waals surface area contributed by atoms with E-state index in [9.17, 15) is 13.0 Å². The van der Waals surface area contributed by atoms with E-state index in [1.165, 1.54) is 82.8 Å². The normalized spacial score (nSPS) is 12.6. The maximum absolute atomic E-state index is 11.0. The number of rotatable bonds is 14. The van der Waals surface area contributed by atoms with Crippen LogP contribution in [0.1, 0.15) is 90.0 Å². The summed E-state index contributed by atoms with van der Waals surface area (Å²) in [7, 11) is -4.34. The fourth-order valence-corrected chi connectivity index (χ4v) is 3.84. The fourth-order valence-electron chi connectivity index (χ4n) is 3.37. The van der Waals surface area contributed by atoms with E-state index in [4.69, 9.17) is 0 Å². The second-order valence-electron chi connectivity index (χ2n) is 7.22. The zero-order valence-electron chi connectivity index (χ0n) is 17.0. The molecular formula is C21H35NaO3S. The van der Waals surface area contributed by atoms with Gasteiger partial charge in [0, 0.05) is 0 Å². The molecule has 0 heterocycles. The molecule has 1 atom stereocenters. The van der Waals surface area contributed by atoms with Gasteiger partial charge in [0.05, 0.1) is 4.90 Å². The average Bonchev–Trinajstić information content (AvgIpc) is 2.58. The van der Waals surface area contributed by atoms with E-state index in [0.29, 0.717) is 5.92 Å². The van der Waals surface area contributed by atoms with Crippen molar-refractivity contribution in [1.29, 1.82) is 0 Å². The second-order valence-corrected chi connectivity index (χ2v) is 8.60. The molecule has 0 aliphatic heterocycles. The predicted molar refractivity (Wildman–Crippen MR) is 104 cm³/mol. The Kier molecular flexibility index (Phi) is 15.2. The molecule has 0 aromatic heterocycles. The summed E-state index contributed by atoms with van der Waals surface area (Å²) in [6, 6.07) is 6.52. The Labute approximate surface area is 183 Å². The third kappa shape index (κ3) is 11.8. The summed E-state index contributed by atoms with van der Waals surface area (Å²) in [4.78, 5) is -0.129. The van der Waals surface area contributed by atoms with Crippen molar-refractivity contribution in [3.05, 3.63) is 29.8 Å². The molecule has 3 nitrogen and oxygen atoms in total. The van der Waals surface area contributed by atoms with Crippen LogP contribution in [0, 0.1) is 5.92 Å². The van der Waals surface area contributed by atoms with Gasteiger partial charge in [-0.2, -0.15) is 0 Å². The first-order valence-corrected chi connectivity index (χ1v) is 11.4. The summed E-state index contributed by atoms with van der Waals surface area (Å²) in [5.74, 6) is 0.660. The molecule has 0 radical (unpaired) electrons. The number of benzene rings is 1. The minimum absolute atomic E-state index is 0. The Bertz CT molecular complexity index is 555. The van der Waals surface area contributed by atoms with Crippen molar-refractivity contribution in [2.24, 2.45) is 5.92 Å². The van der Waals surface area contributed by atoms with E-state index in [1.807, 2.05) is 0 Å². The van der Waals surface area contributed by atoms with Gasteiger partial charge < -0.3 is 4.55 Å². The van der Waals surface area contributed by atoms with Crippen LogP contribution in [0.25, 0.3) is 0 Å². The summed E-state index contributed by atoms with van der Waals surface area (Å²) < 4.78 is 33.1. The Morgan fingerprint density at radius 2 is 1.27 bits per heavy atom. The third-order valence-electron chi connectivity index (χ3n) is 4.92. The molecule has 1 unspecified atom stereocenters. The minimum atomic E-state index is -4.34. The summed E-state index contributed by atoms with van der Waals surface area (Å²) in [5.41, 5.74) is 1.14. The van der Waals surface area contributed by atoms with E-state index in [-0.39, 0.29) is 34.5 Å². The number of hydrogen-bond acceptors (Lipinski definition) is 3. The van der Waals surface area contributed by atoms with Crippen molar-refractivity contribution in [3.63, 3.8) is 0 Å². The van der Waals surface area contributed by atoms with Crippen LogP contribution in [0.4, 0.5) is 0 Å². The van der Waals surface area contributed by atoms with Gasteiger partial charge in [0.1, 0.15) is 10.1 Å². The zero-order chi connectivity index (χ0) is 18.5. The van der Waals surface area contributed by atoms with Crippen LogP contribution in [-0.4, -0.2) is 13.0 Å². The molecule has 0 aliphatic carbocycles. The van der Waals surface area contributed by atoms with E-state index in [0.717, 1.165) is 12.0 Å². The van der Waals surface area contributed by atoms with Crippen molar-refractivity contribution in [2.45, 2.75) is 95.8 Å². The van der Waals surface area contributed by atoms with Gasteiger partial charge in [-0.15, -0.1) is 0 Å². The van der Waals surface area contributed by atoms with Crippen molar-refractivity contribution in [2.75, 3.05) is 0 Å². The van der Waals surface area contributed by atoms with E-state index < -0.39 is 10.1 Å². The molecule has 144 valence electrons. The smallest absolute Gasteiger partial charge is 0.744 e. The summed E-state index contributed by atoms with van der Waals surface area (Å²) in [6.45, 7) is 4.47. The van der Waals surface area contributed by atoms with Crippen molar-refractivity contribution in [1.82, 2.24) is 0 Å². The van der Waals surface area contributed by atoms with Crippen molar-refractivity contribution >= 4 is 10.1 Å². The van der Waals surface area contributed by atoms with Gasteiger partial charge in [-0.3, -0.25) is 0 Å². The molecule has 1 aromatic carbocycles. The molecule has 0 saturated heterocycles. The fraction of sp³-hybridized carbons (Fsp3) is 0.714. The Morgan fingerprint density at radius 1 is 0.808 bits per heavy atom. The standard InChI is InChI=1S/C21H36O3S.Na/c1-3-5-7-9-11-13-19(12-10-8-6-4-2)18-20-14-16-21(17-15-20)25(22,23)24;/h14-17,19H,3-13,18H2,1-2H3,(H,22,23,24);/q;+1/p-1. The second kappa shape index (κ2) is 15.1. The summed E-state index contributed by atoms with van der Waals surface area (Å²) in [5, 5.41) is 0. The van der Waals surface area contributed by atoms with Crippen LogP contribution in [0.15, 0.2) is 29.2 Å². The van der Waals surface area contributed by atoms with Gasteiger partial charge in [0.15, 0.2) is 0 Å². The number of unbranched alkanes of at least 4 members (excludes halogenated alkanes) is 7. The molecule has 0 aliphatic rings. The Balaban J connectivity index is 0.00000625. The van der Waals surface area contributed by atoms with Gasteiger partial charge in [-0.25, -0.2) is 8.42 Å². The first-order valence-electron chi connectivity index (χ1n) is 10.0. The molecule has 1 aromatic rings. The van der Waals surface area contributed by atoms with Gasteiger partial charge in [-0.05, 0) is 30.0 Å². The van der Waals surface area contributed by atoms with Crippen molar-refractivity contribution in [3.8, 4) is 0 Å². The maximum Gasteiger partial charge on any atom is 1.00 e. The van der Waals surface area contributed by atoms with E-state index in [1.54, 1.807) is 12.1 Å². The zero-order valence-corrected chi connectivity index (χ0v) is 19.8. The van der Waals surface area contributed by atoms with Gasteiger partial charge in [-0.1, -0.05) is 96.6 Å². The molecule has 0 fully saturated rings. The van der Waals surface area contributed by atoms with Crippen LogP contribution < -0.4 is 29.6 Å². The first kappa shape index (κ1) is 26.1. The predicted octanol–water partition coefficient (Wildman–Crippen LogP) is 3.08. The van der Waals surface area contributed by atoms with Crippen LogP contribution in [0.5, 0.6) is 0 Å². The van der Waals surface area contributed by atoms with Gasteiger partial charge in [0.25, 0.3) is 0 Å². The Hall–Kier alpha value is 0.130. The maximum atomic E-state index is 11.0. The molecular weight excluding hydrogens is 355 g/mol. The van der Waals surface area contributed by atoms with Crippen molar-refractivity contribution < 1.29 is 42.5 Å². The minimum Gasteiger partial charge on any atom is -0.744 e. The Morgan fingerprint density at radius 3 is 1.73 bits per heavy atom. The van der Waals surface area contributed by atoms with Crippen LogP contribution in [0.3, 0.4) is 0 Å².